The van der Waals surface area contributed by atoms with Gasteiger partial charge in [0.15, 0.2) is 0 Å². The van der Waals surface area contributed by atoms with E-state index < -0.39 is 0 Å². The number of nitrogens with one attached hydrogen (secondary N) is 1. The topological polar surface area (TPSA) is 70.8 Å². The predicted octanol–water partition coefficient (Wildman–Crippen LogP) is -0.983. The highest BCUT2D eigenvalue weighted by Crippen LogP contribution is 2.21. The lowest BCUT2D eigenvalue weighted by Crippen LogP contribution is -2.54. The summed E-state index contributed by atoms with van der Waals surface area (Å²) >= 11 is 0. The van der Waals surface area contributed by atoms with Gasteiger partial charge in [0.05, 0.1) is 6.61 Å². The van der Waals surface area contributed by atoms with Gasteiger partial charge in [0.1, 0.15) is 6.04 Å². The normalized spacial score (nSPS) is 23.0. The van der Waals surface area contributed by atoms with E-state index in [-0.39, 0.29) is 11.9 Å². The van der Waals surface area contributed by atoms with E-state index >= 15 is 0 Å². The molecule has 1 rings (SSSR count). The van der Waals surface area contributed by atoms with Gasteiger partial charge in [0.2, 0.25) is 0 Å². The average Bonchev–Trinajstić information content (AvgIpc) is 2.72. The molecule has 1 fully saturated rings. The van der Waals surface area contributed by atoms with Crippen molar-refractivity contribution < 1.29 is 9.53 Å². The molecule has 6 nitrogen and oxygen atoms in total. The molecule has 0 radical (unpaired) electrons. The van der Waals surface area contributed by atoms with Crippen molar-refractivity contribution in [2.45, 2.75) is 24.9 Å². The smallest absolute Gasteiger partial charge is 0.253 e. The molecule has 0 aromatic heterocycles. The molecule has 0 spiro atoms. The minimum Gasteiger partial charge on any atom is -0.383 e. The van der Waals surface area contributed by atoms with Crippen molar-refractivity contribution in [2.24, 2.45) is 5.84 Å². The van der Waals surface area contributed by atoms with Crippen molar-refractivity contribution >= 4 is 5.91 Å². The van der Waals surface area contributed by atoms with Crippen LogP contribution in [-0.4, -0.2) is 68.7 Å². The van der Waals surface area contributed by atoms with Gasteiger partial charge in [-0.3, -0.25) is 15.1 Å². The maximum absolute atomic E-state index is 11.7. The number of nitrogens with two attached hydrogens (primary N) is 1. The lowest BCUT2D eigenvalue weighted by molar-refractivity contribution is -0.129. The van der Waals surface area contributed by atoms with Gasteiger partial charge >= 0.3 is 0 Å². The number of methoxy groups -OCH3 is 1. The van der Waals surface area contributed by atoms with Crippen LogP contribution in [0.3, 0.4) is 0 Å². The molecule has 1 amide bonds. The fraction of sp³-hybridized carbons (Fsp3) is 0.909. The summed E-state index contributed by atoms with van der Waals surface area (Å²) in [6, 6.07) is 0.125. The molecule has 1 heterocycles. The van der Waals surface area contributed by atoms with Gasteiger partial charge in [-0.25, -0.2) is 5.84 Å². The van der Waals surface area contributed by atoms with Gasteiger partial charge in [-0.05, 0) is 33.5 Å². The van der Waals surface area contributed by atoms with Crippen molar-refractivity contribution in [3.63, 3.8) is 0 Å². The first-order valence-electron chi connectivity index (χ1n) is 6.00. The van der Waals surface area contributed by atoms with Crippen LogP contribution in [0, 0.1) is 0 Å². The van der Waals surface area contributed by atoms with Gasteiger partial charge in [0, 0.05) is 19.7 Å². The zero-order valence-corrected chi connectivity index (χ0v) is 11.0. The Hall–Kier alpha value is -0.690. The molecule has 0 saturated carbocycles. The third-order valence-corrected chi connectivity index (χ3v) is 3.17. The van der Waals surface area contributed by atoms with Crippen LogP contribution in [0.5, 0.6) is 0 Å². The molecule has 0 bridgehead atoms. The quantitative estimate of drug-likeness (QED) is 0.357. The van der Waals surface area contributed by atoms with Crippen molar-refractivity contribution in [3.8, 4) is 0 Å². The van der Waals surface area contributed by atoms with Gasteiger partial charge in [-0.1, -0.05) is 0 Å². The number of carbonyl (C=O) groups excluding carboxylic acids is 1. The number of likely N-dealkylation sites (N-methyl/N-ethyl adjacent to an activating group) is 1. The van der Waals surface area contributed by atoms with Crippen LogP contribution in [0.1, 0.15) is 12.8 Å². The second-order valence-electron chi connectivity index (χ2n) is 4.78. The van der Waals surface area contributed by atoms with Crippen LogP contribution in [0.2, 0.25) is 0 Å². The number of nitrogens with zero attached hydrogens (tertiary/aromatic N) is 2. The Labute approximate surface area is 103 Å². The summed E-state index contributed by atoms with van der Waals surface area (Å²) in [5.74, 6) is 5.06. The number of rotatable bonds is 6. The highest BCUT2D eigenvalue weighted by atomic mass is 16.5. The molecule has 0 aliphatic carbocycles. The largest absolute Gasteiger partial charge is 0.383 e. The number of carbonyl (C=O) groups is 1. The van der Waals surface area contributed by atoms with Crippen molar-refractivity contribution in [1.29, 1.82) is 0 Å². The van der Waals surface area contributed by atoms with E-state index in [2.05, 4.69) is 15.2 Å². The zero-order chi connectivity index (χ0) is 12.8. The Morgan fingerprint density at radius 3 is 2.88 bits per heavy atom. The molecular formula is C11H24N4O2. The Kier molecular flexibility index (Phi) is 5.84. The van der Waals surface area contributed by atoms with Crippen LogP contribution in [0.4, 0.5) is 0 Å². The molecule has 0 aromatic carbocycles. The summed E-state index contributed by atoms with van der Waals surface area (Å²) in [5, 5.41) is 0. The maximum Gasteiger partial charge on any atom is 0.253 e. The molecule has 1 aliphatic heterocycles. The van der Waals surface area contributed by atoms with E-state index in [1.165, 1.54) is 0 Å². The molecule has 1 aliphatic rings. The van der Waals surface area contributed by atoms with E-state index in [0.717, 1.165) is 25.9 Å². The third kappa shape index (κ3) is 3.92. The minimum atomic E-state index is -0.280. The lowest BCUT2D eigenvalue weighted by atomic mass is 10.1. The average molecular weight is 244 g/mol. The van der Waals surface area contributed by atoms with E-state index in [4.69, 9.17) is 10.6 Å². The van der Waals surface area contributed by atoms with E-state index in [1.54, 1.807) is 7.11 Å². The minimum absolute atomic E-state index is 0.169. The van der Waals surface area contributed by atoms with Crippen molar-refractivity contribution in [2.75, 3.05) is 40.9 Å². The van der Waals surface area contributed by atoms with E-state index in [9.17, 15) is 4.79 Å². The molecule has 1 saturated heterocycles. The van der Waals surface area contributed by atoms with E-state index in [0.29, 0.717) is 12.6 Å². The number of amides is 1. The molecule has 3 N–H and O–H groups in total. The third-order valence-electron chi connectivity index (χ3n) is 3.17. The SMILES string of the molecule is COCC(C(=O)NN)N1CCCC1CN(C)C. The monoisotopic (exact) mass is 244 g/mol. The Morgan fingerprint density at radius 1 is 1.65 bits per heavy atom. The summed E-state index contributed by atoms with van der Waals surface area (Å²) < 4.78 is 5.12. The number of hydrazine groups is 1. The fourth-order valence-electron chi connectivity index (χ4n) is 2.46. The van der Waals surface area contributed by atoms with Gasteiger partial charge < -0.3 is 9.64 Å². The van der Waals surface area contributed by atoms with Gasteiger partial charge in [-0.2, -0.15) is 0 Å². The number of hydrogen-bond acceptors (Lipinski definition) is 5. The summed E-state index contributed by atoms with van der Waals surface area (Å²) in [4.78, 5) is 16.1. The van der Waals surface area contributed by atoms with E-state index in [1.807, 2.05) is 14.1 Å². The summed E-state index contributed by atoms with van der Waals surface area (Å²) in [7, 11) is 5.70. The molecule has 17 heavy (non-hydrogen) atoms. The summed E-state index contributed by atoms with van der Waals surface area (Å²) in [6.45, 7) is 2.27. The second kappa shape index (κ2) is 6.90. The summed E-state index contributed by atoms with van der Waals surface area (Å²) in [5.41, 5.74) is 2.23. The van der Waals surface area contributed by atoms with Gasteiger partial charge in [-0.15, -0.1) is 0 Å². The Balaban J connectivity index is 2.67. The first kappa shape index (κ1) is 14.4. The van der Waals surface area contributed by atoms with Crippen LogP contribution < -0.4 is 11.3 Å². The van der Waals surface area contributed by atoms with Crippen molar-refractivity contribution in [3.05, 3.63) is 0 Å². The Morgan fingerprint density at radius 2 is 2.35 bits per heavy atom. The molecule has 2 atom stereocenters. The molecule has 0 aromatic rings. The van der Waals surface area contributed by atoms with Crippen LogP contribution >= 0.6 is 0 Å². The number of likely N-dealkylation sites (tertiary alicyclic amines) is 1. The number of hydrogen-bond donors (Lipinski definition) is 2. The number of ether oxygens (including phenoxy) is 1. The molecule has 100 valence electrons. The highest BCUT2D eigenvalue weighted by molar-refractivity contribution is 5.81. The zero-order valence-electron chi connectivity index (χ0n) is 11.0. The first-order chi connectivity index (χ1) is 8.10. The van der Waals surface area contributed by atoms with Crippen LogP contribution in [-0.2, 0) is 9.53 Å². The molecule has 6 heteroatoms. The van der Waals surface area contributed by atoms with Crippen LogP contribution in [0.25, 0.3) is 0 Å². The fourth-order valence-corrected chi connectivity index (χ4v) is 2.46. The van der Waals surface area contributed by atoms with Crippen LogP contribution in [0.15, 0.2) is 0 Å². The lowest BCUT2D eigenvalue weighted by Gasteiger charge is -2.32. The van der Waals surface area contributed by atoms with Gasteiger partial charge in [0.25, 0.3) is 5.91 Å². The van der Waals surface area contributed by atoms with Crippen molar-refractivity contribution in [1.82, 2.24) is 15.2 Å². The molecular weight excluding hydrogens is 220 g/mol. The first-order valence-corrected chi connectivity index (χ1v) is 6.00. The standard InChI is InChI=1S/C11H24N4O2/c1-14(2)7-9-5-4-6-15(9)10(8-17-3)11(16)13-12/h9-10H,4-8,12H2,1-3H3,(H,13,16). The predicted molar refractivity (Wildman–Crippen MR) is 66.3 cm³/mol. The molecule has 2 unspecified atom stereocenters. The summed E-state index contributed by atoms with van der Waals surface area (Å²) in [6.07, 6.45) is 2.24. The second-order valence-corrected chi connectivity index (χ2v) is 4.78. The Bertz CT molecular complexity index is 248. The maximum atomic E-state index is 11.7. The highest BCUT2D eigenvalue weighted by Gasteiger charge is 2.34.